The van der Waals surface area contributed by atoms with E-state index in [0.717, 1.165) is 22.6 Å². The van der Waals surface area contributed by atoms with E-state index in [1.54, 1.807) is 11.6 Å². The second-order valence-electron chi connectivity index (χ2n) is 5.43. The fourth-order valence-corrected chi connectivity index (χ4v) is 4.40. The number of nitrogen functional groups attached to an aromatic ring is 1. The lowest BCUT2D eigenvalue weighted by atomic mass is 10.2. The maximum absolute atomic E-state index is 12.2. The first kappa shape index (κ1) is 18.9. The molecule has 0 spiro atoms. The minimum atomic E-state index is -0.482. The number of hydrogen-bond donors (Lipinski definition) is 1. The van der Waals surface area contributed by atoms with Gasteiger partial charge in [-0.05, 0) is 35.9 Å². The predicted molar refractivity (Wildman–Crippen MR) is 103 cm³/mol. The van der Waals surface area contributed by atoms with Gasteiger partial charge in [0.2, 0.25) is 5.16 Å². The van der Waals surface area contributed by atoms with Gasteiger partial charge in [-0.3, -0.25) is 0 Å². The SMILES string of the molecule is CCOC(=O)c1sc(N)c(C#N)c1CSc1nnnn1-c1ccccc1C. The highest BCUT2D eigenvalue weighted by Gasteiger charge is 2.23. The number of thiophene rings is 1. The van der Waals surface area contributed by atoms with Crippen molar-refractivity contribution < 1.29 is 9.53 Å². The molecule has 8 nitrogen and oxygen atoms in total. The molecule has 0 bridgehead atoms. The zero-order valence-corrected chi connectivity index (χ0v) is 16.3. The molecule has 2 heterocycles. The van der Waals surface area contributed by atoms with Gasteiger partial charge in [0.1, 0.15) is 15.9 Å². The number of aromatic nitrogens is 4. The van der Waals surface area contributed by atoms with Crippen LogP contribution in [0.1, 0.15) is 33.3 Å². The van der Waals surface area contributed by atoms with Crippen molar-refractivity contribution in [1.82, 2.24) is 20.2 Å². The van der Waals surface area contributed by atoms with Crippen LogP contribution in [0.3, 0.4) is 0 Å². The van der Waals surface area contributed by atoms with Crippen molar-refractivity contribution in [3.63, 3.8) is 0 Å². The maximum atomic E-state index is 12.2. The number of para-hydroxylation sites is 1. The van der Waals surface area contributed by atoms with Crippen molar-refractivity contribution in [1.29, 1.82) is 5.26 Å². The molecule has 0 amide bonds. The molecule has 0 saturated carbocycles. The normalized spacial score (nSPS) is 10.6. The molecular formula is C17H16N6O2S2. The third-order valence-corrected chi connectivity index (χ3v) is 5.72. The van der Waals surface area contributed by atoms with E-state index in [4.69, 9.17) is 10.5 Å². The van der Waals surface area contributed by atoms with E-state index in [1.807, 2.05) is 31.2 Å². The van der Waals surface area contributed by atoms with Crippen LogP contribution in [0.25, 0.3) is 5.69 Å². The number of nitrogens with two attached hydrogens (primary N) is 1. The molecule has 0 saturated heterocycles. The highest BCUT2D eigenvalue weighted by atomic mass is 32.2. The molecule has 3 aromatic rings. The number of rotatable bonds is 6. The van der Waals surface area contributed by atoms with Crippen LogP contribution < -0.4 is 5.73 Å². The number of nitrogens with zero attached hydrogens (tertiary/aromatic N) is 5. The number of ether oxygens (including phenoxy) is 1. The van der Waals surface area contributed by atoms with Crippen LogP contribution in [0.2, 0.25) is 0 Å². The lowest BCUT2D eigenvalue weighted by molar-refractivity contribution is 0.0531. The van der Waals surface area contributed by atoms with Gasteiger partial charge in [0.25, 0.3) is 0 Å². The molecule has 0 fully saturated rings. The Hall–Kier alpha value is -2.90. The van der Waals surface area contributed by atoms with Crippen molar-refractivity contribution in [3.8, 4) is 11.8 Å². The monoisotopic (exact) mass is 400 g/mol. The van der Waals surface area contributed by atoms with Crippen LogP contribution in [0.5, 0.6) is 0 Å². The largest absolute Gasteiger partial charge is 0.462 e. The van der Waals surface area contributed by atoms with Gasteiger partial charge >= 0.3 is 5.97 Å². The molecule has 138 valence electrons. The van der Waals surface area contributed by atoms with Gasteiger partial charge in [-0.1, -0.05) is 30.0 Å². The minimum Gasteiger partial charge on any atom is -0.462 e. The van der Waals surface area contributed by atoms with E-state index >= 15 is 0 Å². The number of anilines is 1. The van der Waals surface area contributed by atoms with Gasteiger partial charge in [-0.25, -0.2) is 4.79 Å². The third-order valence-electron chi connectivity index (χ3n) is 3.74. The number of tetrazole rings is 1. The van der Waals surface area contributed by atoms with Crippen molar-refractivity contribution in [3.05, 3.63) is 45.8 Å². The number of hydrogen-bond acceptors (Lipinski definition) is 9. The number of aryl methyl sites for hydroxylation is 1. The summed E-state index contributed by atoms with van der Waals surface area (Å²) in [7, 11) is 0. The lowest BCUT2D eigenvalue weighted by Gasteiger charge is -2.07. The van der Waals surface area contributed by atoms with Crippen LogP contribution in [-0.4, -0.2) is 32.8 Å². The number of esters is 1. The highest BCUT2D eigenvalue weighted by molar-refractivity contribution is 7.98. The molecule has 2 N–H and O–H groups in total. The molecule has 0 aliphatic carbocycles. The Balaban J connectivity index is 1.91. The van der Waals surface area contributed by atoms with E-state index in [-0.39, 0.29) is 6.61 Å². The van der Waals surface area contributed by atoms with Crippen molar-refractivity contribution in [2.75, 3.05) is 12.3 Å². The van der Waals surface area contributed by atoms with Crippen molar-refractivity contribution in [2.45, 2.75) is 24.8 Å². The van der Waals surface area contributed by atoms with Gasteiger partial charge in [-0.2, -0.15) is 9.94 Å². The Morgan fingerprint density at radius 3 is 2.93 bits per heavy atom. The fraction of sp³-hybridized carbons (Fsp3) is 0.235. The summed E-state index contributed by atoms with van der Waals surface area (Å²) in [6.45, 7) is 3.94. The standard InChI is InChI=1S/C17H16N6O2S2/c1-3-25-16(24)14-12(11(8-18)15(19)27-14)9-26-17-20-21-22-23(17)13-7-5-4-6-10(13)2/h4-7H,3,9,19H2,1-2H3. The summed E-state index contributed by atoms with van der Waals surface area (Å²) >= 11 is 2.38. The molecular weight excluding hydrogens is 384 g/mol. The number of carbonyl (C=O) groups is 1. The topological polar surface area (TPSA) is 120 Å². The van der Waals surface area contributed by atoms with E-state index in [2.05, 4.69) is 21.6 Å². The maximum Gasteiger partial charge on any atom is 0.348 e. The van der Waals surface area contributed by atoms with Gasteiger partial charge in [0.15, 0.2) is 0 Å². The first-order valence-electron chi connectivity index (χ1n) is 8.02. The Morgan fingerprint density at radius 2 is 2.22 bits per heavy atom. The predicted octanol–water partition coefficient (Wildman–Crippen LogP) is 2.96. The van der Waals surface area contributed by atoms with E-state index in [9.17, 15) is 10.1 Å². The minimum absolute atomic E-state index is 0.247. The zero-order chi connectivity index (χ0) is 19.4. The Labute approximate surface area is 163 Å². The van der Waals surface area contributed by atoms with Crippen LogP contribution in [-0.2, 0) is 10.5 Å². The summed E-state index contributed by atoms with van der Waals surface area (Å²) < 4.78 is 6.71. The van der Waals surface area contributed by atoms with Crippen LogP contribution >= 0.6 is 23.1 Å². The van der Waals surface area contributed by atoms with Crippen LogP contribution in [0.15, 0.2) is 29.4 Å². The quantitative estimate of drug-likeness (QED) is 0.495. The number of nitriles is 1. The summed E-state index contributed by atoms with van der Waals surface area (Å²) in [5.41, 5.74) is 8.64. The van der Waals surface area contributed by atoms with Gasteiger partial charge in [0.05, 0.1) is 17.9 Å². The molecule has 2 aromatic heterocycles. The van der Waals surface area contributed by atoms with E-state index < -0.39 is 5.97 Å². The average molecular weight is 400 g/mol. The highest BCUT2D eigenvalue weighted by Crippen LogP contribution is 2.35. The van der Waals surface area contributed by atoms with E-state index in [0.29, 0.717) is 31.9 Å². The first-order chi connectivity index (χ1) is 13.1. The molecule has 0 atom stereocenters. The number of carbonyl (C=O) groups excluding carboxylic acids is 1. The smallest absolute Gasteiger partial charge is 0.348 e. The summed E-state index contributed by atoms with van der Waals surface area (Å²) in [4.78, 5) is 12.6. The number of benzene rings is 1. The molecule has 0 aliphatic heterocycles. The Morgan fingerprint density at radius 1 is 1.44 bits per heavy atom. The molecule has 1 aromatic carbocycles. The molecule has 3 rings (SSSR count). The van der Waals surface area contributed by atoms with Crippen LogP contribution in [0.4, 0.5) is 5.00 Å². The molecule has 27 heavy (non-hydrogen) atoms. The number of thioether (sulfide) groups is 1. The van der Waals surface area contributed by atoms with Gasteiger partial charge in [0, 0.05) is 11.3 Å². The van der Waals surface area contributed by atoms with E-state index in [1.165, 1.54) is 11.8 Å². The van der Waals surface area contributed by atoms with Gasteiger partial charge < -0.3 is 10.5 Å². The lowest BCUT2D eigenvalue weighted by Crippen LogP contribution is -2.06. The van der Waals surface area contributed by atoms with Crippen LogP contribution in [0, 0.1) is 18.3 Å². The summed E-state index contributed by atoms with van der Waals surface area (Å²) in [6.07, 6.45) is 0. The molecule has 0 radical (unpaired) electrons. The average Bonchev–Trinajstić information content (AvgIpc) is 3.24. The Kier molecular flexibility index (Phi) is 5.73. The Bertz CT molecular complexity index is 1020. The van der Waals surface area contributed by atoms with Crippen molar-refractivity contribution >= 4 is 34.1 Å². The first-order valence-corrected chi connectivity index (χ1v) is 9.82. The fourth-order valence-electron chi connectivity index (χ4n) is 2.46. The molecule has 0 unspecified atom stereocenters. The second kappa shape index (κ2) is 8.20. The van der Waals surface area contributed by atoms with Crippen molar-refractivity contribution in [2.24, 2.45) is 0 Å². The third kappa shape index (κ3) is 3.79. The van der Waals surface area contributed by atoms with Gasteiger partial charge in [-0.15, -0.1) is 16.4 Å². The zero-order valence-electron chi connectivity index (χ0n) is 14.7. The summed E-state index contributed by atoms with van der Waals surface area (Å²) in [5.74, 6) is -0.165. The molecule has 0 aliphatic rings. The summed E-state index contributed by atoms with van der Waals surface area (Å²) in [6, 6.07) is 9.81. The summed E-state index contributed by atoms with van der Waals surface area (Å²) in [5, 5.41) is 22.1. The second-order valence-corrected chi connectivity index (χ2v) is 7.42. The molecule has 10 heteroatoms.